The van der Waals surface area contributed by atoms with Crippen LogP contribution in [0.15, 0.2) is 0 Å². The molecule has 2 aliphatic carbocycles. The van der Waals surface area contributed by atoms with Gasteiger partial charge >= 0.3 is 0 Å². The maximum Gasteiger partial charge on any atom is 0.0875 e. The zero-order chi connectivity index (χ0) is 5.14. The summed E-state index contributed by atoms with van der Waals surface area (Å²) in [6, 6.07) is 0. The molecule has 1 radical (unpaired) electrons. The Labute approximate surface area is 49.0 Å². The van der Waals surface area contributed by atoms with E-state index in [9.17, 15) is 0 Å². The minimum absolute atomic E-state index is 0.689. The van der Waals surface area contributed by atoms with E-state index in [0.29, 0.717) is 12.2 Å². The molecule has 3 rings (SSSR count). The van der Waals surface area contributed by atoms with Crippen LogP contribution in [-0.4, -0.2) is 12.2 Å². The number of hydrogen-bond acceptors (Lipinski definition) is 1. The van der Waals surface area contributed by atoms with E-state index in [1.807, 2.05) is 0 Å². The van der Waals surface area contributed by atoms with E-state index in [2.05, 4.69) is 6.42 Å². The van der Waals surface area contributed by atoms with Crippen LogP contribution in [0.4, 0.5) is 0 Å². The van der Waals surface area contributed by atoms with Crippen molar-refractivity contribution in [2.75, 3.05) is 0 Å². The zero-order valence-electron chi connectivity index (χ0n) is 4.71. The Hall–Kier alpha value is -0.0400. The van der Waals surface area contributed by atoms with Gasteiger partial charge in [-0.15, -0.1) is 0 Å². The molecule has 3 fully saturated rings. The van der Waals surface area contributed by atoms with Crippen molar-refractivity contribution >= 4 is 0 Å². The van der Waals surface area contributed by atoms with Gasteiger partial charge in [-0.3, -0.25) is 0 Å². The van der Waals surface area contributed by atoms with Crippen LogP contribution in [0.2, 0.25) is 0 Å². The molecule has 1 saturated heterocycles. The molecule has 43 valence electrons. The van der Waals surface area contributed by atoms with Gasteiger partial charge in [0.2, 0.25) is 0 Å². The van der Waals surface area contributed by atoms with Gasteiger partial charge in [0.15, 0.2) is 0 Å². The summed E-state index contributed by atoms with van der Waals surface area (Å²) in [7, 11) is 0. The maximum atomic E-state index is 5.41. The molecule has 2 saturated carbocycles. The minimum Gasteiger partial charge on any atom is -0.369 e. The lowest BCUT2D eigenvalue weighted by atomic mass is 10.0. The first-order valence-electron chi connectivity index (χ1n) is 3.44. The summed E-state index contributed by atoms with van der Waals surface area (Å²) >= 11 is 0. The quantitative estimate of drug-likeness (QED) is 0.423. The molecule has 0 aromatic carbocycles. The zero-order valence-corrected chi connectivity index (χ0v) is 4.71. The molecule has 0 spiro atoms. The van der Waals surface area contributed by atoms with Gasteiger partial charge in [0, 0.05) is 0 Å². The van der Waals surface area contributed by atoms with E-state index in [0.717, 1.165) is 11.8 Å². The predicted molar refractivity (Wildman–Crippen MR) is 29.2 cm³/mol. The van der Waals surface area contributed by atoms with Crippen LogP contribution in [0.5, 0.6) is 0 Å². The van der Waals surface area contributed by atoms with Gasteiger partial charge in [-0.1, -0.05) is 0 Å². The Bertz CT molecular complexity index is 118. The fourth-order valence-electron chi connectivity index (χ4n) is 2.29. The molecule has 8 heavy (non-hydrogen) atoms. The van der Waals surface area contributed by atoms with E-state index < -0.39 is 0 Å². The second kappa shape index (κ2) is 0.971. The Morgan fingerprint density at radius 3 is 2.88 bits per heavy atom. The van der Waals surface area contributed by atoms with Crippen LogP contribution in [0.25, 0.3) is 0 Å². The molecule has 2 bridgehead atoms. The number of rotatable bonds is 0. The fraction of sp³-hybridized carbons (Fsp3) is 0.857. The molecule has 4 unspecified atom stereocenters. The Kier molecular flexibility index (Phi) is 0.472. The monoisotopic (exact) mass is 109 g/mol. The van der Waals surface area contributed by atoms with Crippen molar-refractivity contribution in [3.8, 4) is 0 Å². The second-order valence-corrected chi connectivity index (χ2v) is 3.20. The molecule has 1 nitrogen and oxygen atoms in total. The molecule has 0 amide bonds. The number of fused-ring (bicyclic) bond motifs is 5. The van der Waals surface area contributed by atoms with Crippen molar-refractivity contribution in [2.24, 2.45) is 11.8 Å². The molecular weight excluding hydrogens is 100 g/mol. The highest BCUT2D eigenvalue weighted by Gasteiger charge is 2.59. The second-order valence-electron chi connectivity index (χ2n) is 3.20. The topological polar surface area (TPSA) is 12.5 Å². The lowest BCUT2D eigenvalue weighted by Crippen LogP contribution is -2.05. The number of epoxide rings is 1. The molecule has 0 N–H and O–H groups in total. The molecule has 3 aliphatic rings. The molecule has 4 atom stereocenters. The maximum absolute atomic E-state index is 5.41. The van der Waals surface area contributed by atoms with Crippen molar-refractivity contribution in [3.63, 3.8) is 0 Å². The van der Waals surface area contributed by atoms with E-state index >= 15 is 0 Å². The molecule has 1 heteroatoms. The SMILES string of the molecule is [CH]1CC2CC1C1OC21. The molecule has 1 aliphatic heterocycles. The van der Waals surface area contributed by atoms with E-state index in [1.54, 1.807) is 0 Å². The van der Waals surface area contributed by atoms with Crippen LogP contribution in [0, 0.1) is 18.3 Å². The first-order chi connectivity index (χ1) is 3.95. The predicted octanol–water partition coefficient (Wildman–Crippen LogP) is 0.998. The summed E-state index contributed by atoms with van der Waals surface area (Å²) < 4.78 is 5.41. The first-order valence-corrected chi connectivity index (χ1v) is 3.44. The summed E-state index contributed by atoms with van der Waals surface area (Å²) in [6.45, 7) is 0. The summed E-state index contributed by atoms with van der Waals surface area (Å²) in [5.41, 5.74) is 0. The van der Waals surface area contributed by atoms with Crippen LogP contribution >= 0.6 is 0 Å². The minimum atomic E-state index is 0.689. The van der Waals surface area contributed by atoms with Crippen LogP contribution in [-0.2, 0) is 4.74 Å². The molecule has 0 aromatic rings. The average Bonchev–Trinajstić information content (AvgIpc) is 2.39. The molecular formula is C7H9O. The Morgan fingerprint density at radius 1 is 1.38 bits per heavy atom. The third-order valence-electron chi connectivity index (χ3n) is 2.76. The van der Waals surface area contributed by atoms with Gasteiger partial charge in [0.05, 0.1) is 12.2 Å². The Morgan fingerprint density at radius 2 is 2.38 bits per heavy atom. The highest BCUT2D eigenvalue weighted by atomic mass is 16.6. The Balaban J connectivity index is 2.02. The largest absolute Gasteiger partial charge is 0.369 e. The molecule has 1 heterocycles. The molecule has 0 aromatic heterocycles. The highest BCUT2D eigenvalue weighted by Crippen LogP contribution is 2.55. The van der Waals surface area contributed by atoms with Crippen molar-refractivity contribution in [2.45, 2.75) is 25.0 Å². The summed E-state index contributed by atoms with van der Waals surface area (Å²) in [5.74, 6) is 1.80. The lowest BCUT2D eigenvalue weighted by molar-refractivity contribution is 0.268. The van der Waals surface area contributed by atoms with Crippen LogP contribution in [0.1, 0.15) is 12.8 Å². The van der Waals surface area contributed by atoms with Gasteiger partial charge in [-0.05, 0) is 31.1 Å². The van der Waals surface area contributed by atoms with E-state index in [-0.39, 0.29) is 0 Å². The number of ether oxygens (including phenoxy) is 1. The van der Waals surface area contributed by atoms with E-state index in [4.69, 9.17) is 4.74 Å². The van der Waals surface area contributed by atoms with Gasteiger partial charge in [-0.2, -0.15) is 0 Å². The highest BCUT2D eigenvalue weighted by molar-refractivity contribution is 5.13. The standard InChI is InChI=1S/C7H9O/c1-2-5-3-4(1)6-7(5)8-6/h1,4-7H,2-3H2. The van der Waals surface area contributed by atoms with Gasteiger partial charge in [0.1, 0.15) is 0 Å². The van der Waals surface area contributed by atoms with Crippen molar-refractivity contribution in [3.05, 3.63) is 6.42 Å². The summed E-state index contributed by atoms with van der Waals surface area (Å²) in [5, 5.41) is 0. The fourth-order valence-corrected chi connectivity index (χ4v) is 2.29. The summed E-state index contributed by atoms with van der Waals surface area (Å²) in [6.07, 6.45) is 6.62. The normalized spacial score (nSPS) is 66.0. The van der Waals surface area contributed by atoms with Crippen LogP contribution < -0.4 is 0 Å². The van der Waals surface area contributed by atoms with Crippen molar-refractivity contribution in [1.82, 2.24) is 0 Å². The first kappa shape index (κ1) is 3.89. The van der Waals surface area contributed by atoms with E-state index in [1.165, 1.54) is 12.8 Å². The number of hydrogen-bond donors (Lipinski definition) is 0. The van der Waals surface area contributed by atoms with Gasteiger partial charge < -0.3 is 4.74 Å². The van der Waals surface area contributed by atoms with Gasteiger partial charge in [0.25, 0.3) is 0 Å². The van der Waals surface area contributed by atoms with Crippen LogP contribution in [0.3, 0.4) is 0 Å². The van der Waals surface area contributed by atoms with Crippen molar-refractivity contribution in [1.29, 1.82) is 0 Å². The average molecular weight is 109 g/mol. The smallest absolute Gasteiger partial charge is 0.0875 e. The lowest BCUT2D eigenvalue weighted by Gasteiger charge is -1.99. The third kappa shape index (κ3) is 0.278. The van der Waals surface area contributed by atoms with Gasteiger partial charge in [-0.25, -0.2) is 0 Å². The summed E-state index contributed by atoms with van der Waals surface area (Å²) in [4.78, 5) is 0. The van der Waals surface area contributed by atoms with Crippen molar-refractivity contribution < 1.29 is 4.74 Å². The third-order valence-corrected chi connectivity index (χ3v) is 2.76.